The minimum absolute atomic E-state index is 0.135. The molecule has 0 saturated carbocycles. The molecule has 3 heteroatoms. The second-order valence-corrected chi connectivity index (χ2v) is 6.05. The number of nitrogens with one attached hydrogen (secondary N) is 1. The van der Waals surface area contributed by atoms with Crippen molar-refractivity contribution in [2.24, 2.45) is 5.92 Å². The summed E-state index contributed by atoms with van der Waals surface area (Å²) in [5.74, 6) is -0.284. The van der Waals surface area contributed by atoms with Crippen LogP contribution in [0.4, 0.5) is 0 Å². The molecule has 0 fully saturated rings. The molecule has 0 unspecified atom stereocenters. The third-order valence-electron chi connectivity index (χ3n) is 2.71. The lowest BCUT2D eigenvalue weighted by Gasteiger charge is -2.22. The van der Waals surface area contributed by atoms with Gasteiger partial charge in [0.1, 0.15) is 5.60 Å². The summed E-state index contributed by atoms with van der Waals surface area (Å²) in [5.41, 5.74) is 2.07. The fourth-order valence-electron chi connectivity index (χ4n) is 1.62. The Morgan fingerprint density at radius 1 is 1.26 bits per heavy atom. The molecule has 1 rings (SSSR count). The molecule has 0 aliphatic rings. The van der Waals surface area contributed by atoms with Gasteiger partial charge >= 0.3 is 5.97 Å². The lowest BCUT2D eigenvalue weighted by molar-refractivity contribution is -0.159. The number of hydrogen-bond donors (Lipinski definition) is 1. The van der Waals surface area contributed by atoms with E-state index >= 15 is 0 Å². The largest absolute Gasteiger partial charge is 0.460 e. The van der Waals surface area contributed by atoms with Gasteiger partial charge in [-0.1, -0.05) is 36.8 Å². The van der Waals surface area contributed by atoms with Crippen molar-refractivity contribution < 1.29 is 9.53 Å². The Balaban J connectivity index is 2.32. The van der Waals surface area contributed by atoms with E-state index in [9.17, 15) is 4.79 Å². The average molecular weight is 263 g/mol. The third kappa shape index (κ3) is 6.39. The predicted octanol–water partition coefficient (Wildman–Crippen LogP) is 3.06. The van der Waals surface area contributed by atoms with Gasteiger partial charge in [0, 0.05) is 13.1 Å². The summed E-state index contributed by atoms with van der Waals surface area (Å²) < 4.78 is 5.34. The van der Waals surface area contributed by atoms with E-state index < -0.39 is 5.60 Å². The summed E-state index contributed by atoms with van der Waals surface area (Å²) in [4.78, 5) is 11.8. The SMILES string of the molecule is Cc1ccc(CNC[C@H](C)C(=O)OC(C)(C)C)cc1. The van der Waals surface area contributed by atoms with Gasteiger partial charge in [-0.25, -0.2) is 0 Å². The molecule has 1 aromatic carbocycles. The molecule has 3 nitrogen and oxygen atoms in total. The number of hydrogen-bond acceptors (Lipinski definition) is 3. The van der Waals surface area contributed by atoms with Crippen LogP contribution in [-0.4, -0.2) is 18.1 Å². The van der Waals surface area contributed by atoms with Crippen molar-refractivity contribution in [1.82, 2.24) is 5.32 Å². The number of aryl methyl sites for hydroxylation is 1. The highest BCUT2D eigenvalue weighted by Crippen LogP contribution is 2.11. The number of benzene rings is 1. The number of esters is 1. The van der Waals surface area contributed by atoms with Crippen LogP contribution in [-0.2, 0) is 16.1 Å². The summed E-state index contributed by atoms with van der Waals surface area (Å²) in [6.07, 6.45) is 0. The molecule has 0 spiro atoms. The number of carbonyl (C=O) groups is 1. The highest BCUT2D eigenvalue weighted by Gasteiger charge is 2.21. The quantitative estimate of drug-likeness (QED) is 0.830. The van der Waals surface area contributed by atoms with Crippen LogP contribution in [0.15, 0.2) is 24.3 Å². The fraction of sp³-hybridized carbons (Fsp3) is 0.562. The van der Waals surface area contributed by atoms with Gasteiger partial charge in [-0.05, 0) is 33.3 Å². The van der Waals surface area contributed by atoms with Crippen molar-refractivity contribution in [3.8, 4) is 0 Å². The van der Waals surface area contributed by atoms with Crippen LogP contribution in [0.3, 0.4) is 0 Å². The van der Waals surface area contributed by atoms with Crippen molar-refractivity contribution in [2.45, 2.75) is 46.8 Å². The minimum atomic E-state index is -0.414. The molecule has 1 atom stereocenters. The lowest BCUT2D eigenvalue weighted by atomic mass is 10.1. The smallest absolute Gasteiger partial charge is 0.310 e. The molecule has 106 valence electrons. The van der Waals surface area contributed by atoms with Crippen molar-refractivity contribution in [3.05, 3.63) is 35.4 Å². The highest BCUT2D eigenvalue weighted by atomic mass is 16.6. The van der Waals surface area contributed by atoms with Crippen LogP contribution in [0, 0.1) is 12.8 Å². The average Bonchev–Trinajstić information content (AvgIpc) is 2.29. The Kier molecular flexibility index (Phi) is 5.55. The standard InChI is InChI=1S/C16H25NO2/c1-12-6-8-14(9-7-12)11-17-10-13(2)15(18)19-16(3,4)5/h6-9,13,17H,10-11H2,1-5H3/t13-/m0/s1. The Labute approximate surface area is 116 Å². The maximum atomic E-state index is 11.8. The van der Waals surface area contributed by atoms with Gasteiger partial charge in [-0.3, -0.25) is 4.79 Å². The molecule has 0 aromatic heterocycles. The second-order valence-electron chi connectivity index (χ2n) is 6.05. The molecular formula is C16H25NO2. The zero-order valence-corrected chi connectivity index (χ0v) is 12.6. The van der Waals surface area contributed by atoms with Gasteiger partial charge in [-0.2, -0.15) is 0 Å². The van der Waals surface area contributed by atoms with Crippen LogP contribution in [0.5, 0.6) is 0 Å². The van der Waals surface area contributed by atoms with Crippen LogP contribution in [0.25, 0.3) is 0 Å². The zero-order valence-electron chi connectivity index (χ0n) is 12.6. The number of ether oxygens (including phenoxy) is 1. The van der Waals surface area contributed by atoms with Crippen LogP contribution in [0.1, 0.15) is 38.8 Å². The fourth-order valence-corrected chi connectivity index (χ4v) is 1.62. The monoisotopic (exact) mass is 263 g/mol. The van der Waals surface area contributed by atoms with E-state index in [-0.39, 0.29) is 11.9 Å². The molecule has 0 saturated heterocycles. The van der Waals surface area contributed by atoms with E-state index in [0.29, 0.717) is 6.54 Å². The van der Waals surface area contributed by atoms with E-state index in [2.05, 4.69) is 36.5 Å². The molecule has 0 aliphatic carbocycles. The van der Waals surface area contributed by atoms with Gasteiger partial charge in [0.05, 0.1) is 5.92 Å². The summed E-state index contributed by atoms with van der Waals surface area (Å²) in [6, 6.07) is 8.38. The molecule has 19 heavy (non-hydrogen) atoms. The molecule has 0 bridgehead atoms. The number of carbonyl (C=O) groups excluding carboxylic acids is 1. The third-order valence-corrected chi connectivity index (χ3v) is 2.71. The first-order valence-corrected chi connectivity index (χ1v) is 6.77. The molecule has 1 N–H and O–H groups in total. The van der Waals surface area contributed by atoms with Gasteiger partial charge in [0.25, 0.3) is 0 Å². The first-order chi connectivity index (χ1) is 8.78. The first-order valence-electron chi connectivity index (χ1n) is 6.77. The maximum Gasteiger partial charge on any atom is 0.310 e. The first kappa shape index (κ1) is 15.7. The van der Waals surface area contributed by atoms with E-state index in [1.165, 1.54) is 11.1 Å². The predicted molar refractivity (Wildman–Crippen MR) is 77.9 cm³/mol. The second kappa shape index (κ2) is 6.71. The zero-order chi connectivity index (χ0) is 14.5. The minimum Gasteiger partial charge on any atom is -0.460 e. The molecule has 0 radical (unpaired) electrons. The van der Waals surface area contributed by atoms with Gasteiger partial charge in [-0.15, -0.1) is 0 Å². The summed E-state index contributed by atoms with van der Waals surface area (Å²) in [5, 5.41) is 3.29. The highest BCUT2D eigenvalue weighted by molar-refractivity contribution is 5.72. The normalized spacial score (nSPS) is 13.1. The Hall–Kier alpha value is -1.35. The summed E-state index contributed by atoms with van der Waals surface area (Å²) in [6.45, 7) is 11.0. The van der Waals surface area contributed by atoms with Crippen molar-refractivity contribution in [3.63, 3.8) is 0 Å². The summed E-state index contributed by atoms with van der Waals surface area (Å²) >= 11 is 0. The molecule has 0 heterocycles. The van der Waals surface area contributed by atoms with E-state index in [1.807, 2.05) is 27.7 Å². The van der Waals surface area contributed by atoms with E-state index in [0.717, 1.165) is 6.54 Å². The number of rotatable bonds is 5. The Morgan fingerprint density at radius 2 is 1.84 bits per heavy atom. The summed E-state index contributed by atoms with van der Waals surface area (Å²) in [7, 11) is 0. The topological polar surface area (TPSA) is 38.3 Å². The molecular weight excluding hydrogens is 238 g/mol. The van der Waals surface area contributed by atoms with Crippen molar-refractivity contribution in [2.75, 3.05) is 6.54 Å². The lowest BCUT2D eigenvalue weighted by Crippen LogP contribution is -2.32. The van der Waals surface area contributed by atoms with Crippen LogP contribution < -0.4 is 5.32 Å². The molecule has 1 aromatic rings. The van der Waals surface area contributed by atoms with Gasteiger partial charge in [0.2, 0.25) is 0 Å². The van der Waals surface area contributed by atoms with Gasteiger partial charge in [0.15, 0.2) is 0 Å². The Morgan fingerprint density at radius 3 is 2.37 bits per heavy atom. The van der Waals surface area contributed by atoms with Gasteiger partial charge < -0.3 is 10.1 Å². The van der Waals surface area contributed by atoms with Crippen LogP contribution >= 0.6 is 0 Å². The van der Waals surface area contributed by atoms with Crippen molar-refractivity contribution >= 4 is 5.97 Å². The molecule has 0 aliphatic heterocycles. The molecule has 0 amide bonds. The Bertz CT molecular complexity index is 404. The van der Waals surface area contributed by atoms with E-state index in [1.54, 1.807) is 0 Å². The van der Waals surface area contributed by atoms with Crippen LogP contribution in [0.2, 0.25) is 0 Å². The maximum absolute atomic E-state index is 11.8. The van der Waals surface area contributed by atoms with E-state index in [4.69, 9.17) is 4.74 Å². The van der Waals surface area contributed by atoms with Crippen molar-refractivity contribution in [1.29, 1.82) is 0 Å².